The highest BCUT2D eigenvalue weighted by Gasteiger charge is 2.33. The third-order valence-electron chi connectivity index (χ3n) is 4.68. The first kappa shape index (κ1) is 20.5. The summed E-state index contributed by atoms with van der Waals surface area (Å²) < 4.78 is 10.8. The molecule has 0 bridgehead atoms. The average Bonchev–Trinajstić information content (AvgIpc) is 3.07. The van der Waals surface area contributed by atoms with Gasteiger partial charge in [0.1, 0.15) is 5.76 Å². The summed E-state index contributed by atoms with van der Waals surface area (Å²) in [6, 6.07) is 4.52. The minimum absolute atomic E-state index is 0. The maximum absolute atomic E-state index is 5.38. The minimum atomic E-state index is 0. The molecule has 142 valence electrons. The lowest BCUT2D eigenvalue weighted by Crippen LogP contribution is -2.40. The van der Waals surface area contributed by atoms with Gasteiger partial charge in [0.15, 0.2) is 5.96 Å². The number of nitrogens with one attached hydrogen (secondary N) is 2. The molecule has 2 unspecified atom stereocenters. The van der Waals surface area contributed by atoms with Crippen molar-refractivity contribution in [3.05, 3.63) is 24.2 Å². The van der Waals surface area contributed by atoms with Gasteiger partial charge in [-0.2, -0.15) is 0 Å². The van der Waals surface area contributed by atoms with Gasteiger partial charge in [0.05, 0.1) is 19.5 Å². The molecule has 0 amide bonds. The van der Waals surface area contributed by atoms with E-state index in [0.29, 0.717) is 6.04 Å². The number of guanidine groups is 1. The van der Waals surface area contributed by atoms with E-state index in [1.165, 1.54) is 6.42 Å². The zero-order valence-electron chi connectivity index (χ0n) is 15.1. The first-order valence-electron chi connectivity index (χ1n) is 9.18. The molecule has 0 aromatic carbocycles. The monoisotopic (exact) mass is 462 g/mol. The van der Waals surface area contributed by atoms with E-state index in [4.69, 9.17) is 14.1 Å². The van der Waals surface area contributed by atoms with Gasteiger partial charge in [-0.3, -0.25) is 9.89 Å². The number of ether oxygens (including phenoxy) is 1. The standard InChI is InChI=1S/C18H30N4O2.HI/c1-15-14-17(15)21-18(20-7-5-16-4-2-11-24-16)19-6-3-8-22-9-12-23-13-10-22;/h2,4,11,15,17H,3,5-10,12-14H2,1H3,(H2,19,20,21);1H. The van der Waals surface area contributed by atoms with Gasteiger partial charge in [-0.05, 0) is 30.9 Å². The number of furan rings is 1. The van der Waals surface area contributed by atoms with E-state index in [-0.39, 0.29) is 24.0 Å². The number of nitrogens with zero attached hydrogens (tertiary/aromatic N) is 2. The van der Waals surface area contributed by atoms with Crippen molar-refractivity contribution in [2.75, 3.05) is 45.9 Å². The van der Waals surface area contributed by atoms with Gasteiger partial charge >= 0.3 is 0 Å². The van der Waals surface area contributed by atoms with Crippen molar-refractivity contribution in [3.63, 3.8) is 0 Å². The lowest BCUT2D eigenvalue weighted by molar-refractivity contribution is 0.0377. The average molecular weight is 462 g/mol. The third kappa shape index (κ3) is 7.53. The fourth-order valence-corrected chi connectivity index (χ4v) is 2.92. The van der Waals surface area contributed by atoms with Gasteiger partial charge in [-0.1, -0.05) is 6.92 Å². The van der Waals surface area contributed by atoms with E-state index in [2.05, 4.69) is 22.5 Å². The molecule has 7 heteroatoms. The second-order valence-electron chi connectivity index (χ2n) is 6.76. The van der Waals surface area contributed by atoms with E-state index in [9.17, 15) is 0 Å². The number of morpholine rings is 1. The molecule has 2 aliphatic rings. The highest BCUT2D eigenvalue weighted by atomic mass is 127. The van der Waals surface area contributed by atoms with Crippen LogP contribution >= 0.6 is 24.0 Å². The molecule has 1 saturated carbocycles. The van der Waals surface area contributed by atoms with Crippen molar-refractivity contribution in [2.45, 2.75) is 32.2 Å². The summed E-state index contributed by atoms with van der Waals surface area (Å²) in [4.78, 5) is 7.21. The van der Waals surface area contributed by atoms with Gasteiger partial charge in [-0.15, -0.1) is 24.0 Å². The van der Waals surface area contributed by atoms with Crippen LogP contribution in [0.5, 0.6) is 0 Å². The highest BCUT2D eigenvalue weighted by molar-refractivity contribution is 14.0. The second kappa shape index (κ2) is 11.0. The van der Waals surface area contributed by atoms with E-state index < -0.39 is 0 Å². The molecule has 1 aromatic heterocycles. The predicted octanol–water partition coefficient (Wildman–Crippen LogP) is 2.11. The van der Waals surface area contributed by atoms with E-state index in [0.717, 1.165) is 76.4 Å². The van der Waals surface area contributed by atoms with Gasteiger partial charge in [0.25, 0.3) is 0 Å². The molecule has 3 rings (SSSR count). The first-order valence-corrected chi connectivity index (χ1v) is 9.18. The highest BCUT2D eigenvalue weighted by Crippen LogP contribution is 2.28. The Bertz CT molecular complexity index is 503. The largest absolute Gasteiger partial charge is 0.469 e. The fraction of sp³-hybridized carbons (Fsp3) is 0.722. The minimum Gasteiger partial charge on any atom is -0.469 e. The van der Waals surface area contributed by atoms with Crippen LogP contribution in [-0.2, 0) is 11.2 Å². The Balaban J connectivity index is 0.00000225. The Morgan fingerprint density at radius 2 is 2.16 bits per heavy atom. The van der Waals surface area contributed by atoms with Gasteiger partial charge in [0, 0.05) is 45.2 Å². The molecule has 1 aromatic rings. The summed E-state index contributed by atoms with van der Waals surface area (Å²) in [7, 11) is 0. The van der Waals surface area contributed by atoms with Crippen LogP contribution in [0.25, 0.3) is 0 Å². The van der Waals surface area contributed by atoms with Crippen LogP contribution < -0.4 is 10.6 Å². The summed E-state index contributed by atoms with van der Waals surface area (Å²) in [6.07, 6.45) is 4.93. The molecular weight excluding hydrogens is 431 g/mol. The topological polar surface area (TPSA) is 62.0 Å². The fourth-order valence-electron chi connectivity index (χ4n) is 2.92. The first-order chi connectivity index (χ1) is 11.8. The molecule has 0 spiro atoms. The number of hydrogen-bond acceptors (Lipinski definition) is 4. The number of aliphatic imine (C=N–C) groups is 1. The Morgan fingerprint density at radius 1 is 1.36 bits per heavy atom. The molecule has 2 N–H and O–H groups in total. The second-order valence-corrected chi connectivity index (χ2v) is 6.76. The van der Waals surface area contributed by atoms with Crippen LogP contribution in [0.3, 0.4) is 0 Å². The van der Waals surface area contributed by atoms with Gasteiger partial charge < -0.3 is 19.8 Å². The molecule has 2 heterocycles. The summed E-state index contributed by atoms with van der Waals surface area (Å²) in [5, 5.41) is 6.97. The van der Waals surface area contributed by atoms with Crippen LogP contribution in [0.1, 0.15) is 25.5 Å². The summed E-state index contributed by atoms with van der Waals surface area (Å²) >= 11 is 0. The predicted molar refractivity (Wildman–Crippen MR) is 111 cm³/mol. The lowest BCUT2D eigenvalue weighted by Gasteiger charge is -2.26. The molecule has 6 nitrogen and oxygen atoms in total. The van der Waals surface area contributed by atoms with Crippen LogP contribution in [0, 0.1) is 5.92 Å². The molecular formula is C18H31IN4O2. The molecule has 1 aliphatic heterocycles. The zero-order chi connectivity index (χ0) is 16.6. The molecule has 2 atom stereocenters. The normalized spacial score (nSPS) is 23.8. The lowest BCUT2D eigenvalue weighted by atomic mass is 10.3. The molecule has 1 saturated heterocycles. The Kier molecular flexibility index (Phi) is 9.05. The van der Waals surface area contributed by atoms with Crippen LogP contribution in [0.15, 0.2) is 27.8 Å². The molecule has 25 heavy (non-hydrogen) atoms. The summed E-state index contributed by atoms with van der Waals surface area (Å²) in [5.74, 6) is 2.71. The van der Waals surface area contributed by atoms with E-state index >= 15 is 0 Å². The molecule has 2 fully saturated rings. The smallest absolute Gasteiger partial charge is 0.191 e. The maximum Gasteiger partial charge on any atom is 0.191 e. The number of rotatable bonds is 8. The summed E-state index contributed by atoms with van der Waals surface area (Å²) in [5.41, 5.74) is 0. The molecule has 1 aliphatic carbocycles. The van der Waals surface area contributed by atoms with Gasteiger partial charge in [0.2, 0.25) is 0 Å². The van der Waals surface area contributed by atoms with Crippen molar-refractivity contribution >= 4 is 29.9 Å². The van der Waals surface area contributed by atoms with Gasteiger partial charge in [-0.25, -0.2) is 0 Å². The quantitative estimate of drug-likeness (QED) is 0.268. The number of halogens is 1. The van der Waals surface area contributed by atoms with Crippen molar-refractivity contribution in [2.24, 2.45) is 10.9 Å². The third-order valence-corrected chi connectivity index (χ3v) is 4.68. The van der Waals surface area contributed by atoms with Crippen molar-refractivity contribution in [1.29, 1.82) is 0 Å². The zero-order valence-corrected chi connectivity index (χ0v) is 17.4. The van der Waals surface area contributed by atoms with Crippen molar-refractivity contribution in [3.8, 4) is 0 Å². The van der Waals surface area contributed by atoms with E-state index in [1.54, 1.807) is 6.26 Å². The van der Waals surface area contributed by atoms with Crippen LogP contribution in [-0.4, -0.2) is 62.8 Å². The van der Waals surface area contributed by atoms with Crippen LogP contribution in [0.4, 0.5) is 0 Å². The van der Waals surface area contributed by atoms with E-state index in [1.807, 2.05) is 12.1 Å². The number of hydrogen-bond donors (Lipinski definition) is 2. The Hall–Kier alpha value is -0.800. The van der Waals surface area contributed by atoms with Crippen molar-refractivity contribution < 1.29 is 9.15 Å². The SMILES string of the molecule is CC1CC1NC(=NCCCN1CCOCC1)NCCc1ccco1.I. The van der Waals surface area contributed by atoms with Crippen molar-refractivity contribution in [1.82, 2.24) is 15.5 Å². The van der Waals surface area contributed by atoms with Crippen LogP contribution in [0.2, 0.25) is 0 Å². The Morgan fingerprint density at radius 3 is 2.84 bits per heavy atom. The summed E-state index contributed by atoms with van der Waals surface area (Å²) in [6.45, 7) is 8.90. The molecule has 0 radical (unpaired) electrons. The maximum atomic E-state index is 5.38. The Labute approximate surface area is 167 Å².